The molecule has 2 fully saturated rings. The third kappa shape index (κ3) is 4.14. The molecule has 0 spiro atoms. The molecule has 1 heterocycles. The zero-order valence-electron chi connectivity index (χ0n) is 13.0. The molecule has 116 valence electrons. The summed E-state index contributed by atoms with van der Waals surface area (Å²) in [4.78, 5) is 2.74. The van der Waals surface area contributed by atoms with Crippen LogP contribution < -0.4 is 5.32 Å². The average molecular weight is 307 g/mol. The van der Waals surface area contributed by atoms with Gasteiger partial charge in [0.2, 0.25) is 0 Å². The fourth-order valence-corrected chi connectivity index (χ4v) is 4.02. The maximum absolute atomic E-state index is 6.05. The van der Waals surface area contributed by atoms with E-state index in [0.29, 0.717) is 6.04 Å². The van der Waals surface area contributed by atoms with Crippen LogP contribution in [-0.2, 0) is 0 Å². The average Bonchev–Trinajstić information content (AvgIpc) is 2.49. The summed E-state index contributed by atoms with van der Waals surface area (Å²) in [6.07, 6.45) is 8.16. The first-order valence-corrected chi connectivity index (χ1v) is 8.84. The number of anilines is 1. The van der Waals surface area contributed by atoms with Gasteiger partial charge in [0.15, 0.2) is 0 Å². The summed E-state index contributed by atoms with van der Waals surface area (Å²) < 4.78 is 0. The Bertz CT molecular complexity index is 446. The van der Waals surface area contributed by atoms with Gasteiger partial charge >= 0.3 is 0 Å². The van der Waals surface area contributed by atoms with Gasteiger partial charge in [-0.25, -0.2) is 0 Å². The van der Waals surface area contributed by atoms with Crippen LogP contribution in [0.15, 0.2) is 24.3 Å². The quantitative estimate of drug-likeness (QED) is 0.863. The zero-order chi connectivity index (χ0) is 14.7. The highest BCUT2D eigenvalue weighted by Gasteiger charge is 2.27. The van der Waals surface area contributed by atoms with E-state index in [1.807, 2.05) is 18.2 Å². The minimum Gasteiger partial charge on any atom is -0.382 e. The molecule has 0 bridgehead atoms. The Morgan fingerprint density at radius 1 is 1.05 bits per heavy atom. The van der Waals surface area contributed by atoms with E-state index in [0.717, 1.165) is 22.7 Å². The van der Waals surface area contributed by atoms with Crippen molar-refractivity contribution in [3.05, 3.63) is 29.3 Å². The van der Waals surface area contributed by atoms with Gasteiger partial charge in [0.25, 0.3) is 0 Å². The number of nitrogens with zero attached hydrogens (tertiary/aromatic N) is 1. The van der Waals surface area contributed by atoms with E-state index in [-0.39, 0.29) is 0 Å². The molecule has 0 aromatic heterocycles. The number of nitrogens with one attached hydrogen (secondary N) is 1. The van der Waals surface area contributed by atoms with Crippen LogP contribution in [0.1, 0.15) is 45.4 Å². The fraction of sp³-hybridized carbons (Fsp3) is 0.667. The van der Waals surface area contributed by atoms with Crippen LogP contribution in [0, 0.1) is 5.92 Å². The van der Waals surface area contributed by atoms with Crippen LogP contribution in [0.25, 0.3) is 0 Å². The van der Waals surface area contributed by atoms with Crippen LogP contribution >= 0.6 is 11.6 Å². The third-order valence-corrected chi connectivity index (χ3v) is 5.46. The molecule has 1 saturated heterocycles. The maximum Gasteiger partial charge on any atom is 0.0426 e. The summed E-state index contributed by atoms with van der Waals surface area (Å²) in [6.45, 7) is 4.89. The number of likely N-dealkylation sites (tertiary alicyclic amines) is 1. The van der Waals surface area contributed by atoms with E-state index in [4.69, 9.17) is 11.6 Å². The van der Waals surface area contributed by atoms with Gasteiger partial charge in [-0.2, -0.15) is 0 Å². The van der Waals surface area contributed by atoms with Gasteiger partial charge < -0.3 is 10.2 Å². The van der Waals surface area contributed by atoms with Crippen LogP contribution in [0.4, 0.5) is 5.69 Å². The van der Waals surface area contributed by atoms with E-state index in [1.54, 1.807) is 0 Å². The number of benzene rings is 1. The third-order valence-electron chi connectivity index (χ3n) is 5.23. The van der Waals surface area contributed by atoms with Crippen molar-refractivity contribution >= 4 is 17.3 Å². The Hall–Kier alpha value is -0.730. The summed E-state index contributed by atoms with van der Waals surface area (Å²) >= 11 is 6.05. The standard InChI is InChI=1S/C18H27ClN2/c1-14-5-7-18(8-6-14)21-11-9-16(10-12-21)20-17-4-2-3-15(19)13-17/h2-4,13-14,16,18,20H,5-12H2,1H3. The molecule has 1 aromatic rings. The number of hydrogen-bond donors (Lipinski definition) is 1. The van der Waals surface area contributed by atoms with Crippen molar-refractivity contribution < 1.29 is 0 Å². The first kappa shape index (κ1) is 15.2. The Morgan fingerprint density at radius 3 is 2.43 bits per heavy atom. The van der Waals surface area contributed by atoms with Crippen LogP contribution in [-0.4, -0.2) is 30.1 Å². The molecule has 1 aromatic carbocycles. The molecule has 1 saturated carbocycles. The van der Waals surface area contributed by atoms with Crippen molar-refractivity contribution in [2.75, 3.05) is 18.4 Å². The summed E-state index contributed by atoms with van der Waals surface area (Å²) in [5.41, 5.74) is 1.16. The van der Waals surface area contributed by atoms with Gasteiger partial charge in [-0.15, -0.1) is 0 Å². The van der Waals surface area contributed by atoms with E-state index < -0.39 is 0 Å². The summed E-state index contributed by atoms with van der Waals surface area (Å²) in [7, 11) is 0. The molecular weight excluding hydrogens is 280 g/mol. The number of rotatable bonds is 3. The lowest BCUT2D eigenvalue weighted by Crippen LogP contribution is -2.45. The summed E-state index contributed by atoms with van der Waals surface area (Å²) in [5.74, 6) is 0.947. The van der Waals surface area contributed by atoms with Crippen molar-refractivity contribution in [2.24, 2.45) is 5.92 Å². The van der Waals surface area contributed by atoms with E-state index in [9.17, 15) is 0 Å². The molecule has 2 aliphatic rings. The molecule has 1 aliphatic heterocycles. The molecule has 0 radical (unpaired) electrons. The van der Waals surface area contributed by atoms with E-state index >= 15 is 0 Å². The van der Waals surface area contributed by atoms with Crippen molar-refractivity contribution in [3.63, 3.8) is 0 Å². The monoisotopic (exact) mass is 306 g/mol. The maximum atomic E-state index is 6.05. The topological polar surface area (TPSA) is 15.3 Å². The Morgan fingerprint density at radius 2 is 1.76 bits per heavy atom. The second-order valence-corrected chi connectivity index (χ2v) is 7.32. The summed E-state index contributed by atoms with van der Waals surface area (Å²) in [6, 6.07) is 9.54. The molecular formula is C18H27ClN2. The smallest absolute Gasteiger partial charge is 0.0426 e. The minimum atomic E-state index is 0.599. The lowest BCUT2D eigenvalue weighted by molar-refractivity contribution is 0.113. The van der Waals surface area contributed by atoms with Gasteiger partial charge in [0.1, 0.15) is 0 Å². The SMILES string of the molecule is CC1CCC(N2CCC(Nc3cccc(Cl)c3)CC2)CC1. The van der Waals surface area contributed by atoms with Crippen LogP contribution in [0.5, 0.6) is 0 Å². The van der Waals surface area contributed by atoms with Crippen molar-refractivity contribution in [1.29, 1.82) is 0 Å². The lowest BCUT2D eigenvalue weighted by atomic mass is 9.85. The second kappa shape index (κ2) is 7.02. The Kier molecular flexibility index (Phi) is 5.07. The molecule has 0 atom stereocenters. The number of piperidine rings is 1. The highest BCUT2D eigenvalue weighted by atomic mass is 35.5. The molecule has 21 heavy (non-hydrogen) atoms. The van der Waals surface area contributed by atoms with Crippen LogP contribution in [0.2, 0.25) is 5.02 Å². The molecule has 0 unspecified atom stereocenters. The largest absolute Gasteiger partial charge is 0.382 e. The number of hydrogen-bond acceptors (Lipinski definition) is 2. The molecule has 3 rings (SSSR count). The van der Waals surface area contributed by atoms with Crippen molar-refractivity contribution in [1.82, 2.24) is 4.90 Å². The predicted octanol–water partition coefficient (Wildman–Crippen LogP) is 4.80. The first-order chi connectivity index (χ1) is 10.2. The van der Waals surface area contributed by atoms with Gasteiger partial charge in [-0.05, 0) is 62.6 Å². The van der Waals surface area contributed by atoms with E-state index in [2.05, 4.69) is 23.2 Å². The van der Waals surface area contributed by atoms with E-state index in [1.165, 1.54) is 51.6 Å². The van der Waals surface area contributed by atoms with Gasteiger partial charge in [0.05, 0.1) is 0 Å². The highest BCUT2D eigenvalue weighted by molar-refractivity contribution is 6.30. The second-order valence-electron chi connectivity index (χ2n) is 6.88. The van der Waals surface area contributed by atoms with Crippen molar-refractivity contribution in [3.8, 4) is 0 Å². The van der Waals surface area contributed by atoms with Crippen LogP contribution in [0.3, 0.4) is 0 Å². The molecule has 1 N–H and O–H groups in total. The van der Waals surface area contributed by atoms with Gasteiger partial charge in [-0.1, -0.05) is 24.6 Å². The first-order valence-electron chi connectivity index (χ1n) is 8.47. The summed E-state index contributed by atoms with van der Waals surface area (Å²) in [5, 5.41) is 4.45. The lowest BCUT2D eigenvalue weighted by Gasteiger charge is -2.40. The molecule has 2 nitrogen and oxygen atoms in total. The normalized spacial score (nSPS) is 28.5. The highest BCUT2D eigenvalue weighted by Crippen LogP contribution is 2.29. The Balaban J connectivity index is 1.47. The predicted molar refractivity (Wildman–Crippen MR) is 91.1 cm³/mol. The number of halogens is 1. The molecule has 0 amide bonds. The van der Waals surface area contributed by atoms with Gasteiger partial charge in [-0.3, -0.25) is 0 Å². The minimum absolute atomic E-state index is 0.599. The fourth-order valence-electron chi connectivity index (χ4n) is 3.83. The molecule has 3 heteroatoms. The zero-order valence-corrected chi connectivity index (χ0v) is 13.8. The van der Waals surface area contributed by atoms with Gasteiger partial charge in [0, 0.05) is 35.9 Å². The Labute approximate surface area is 133 Å². The molecule has 1 aliphatic carbocycles. The van der Waals surface area contributed by atoms with Crippen molar-refractivity contribution in [2.45, 2.75) is 57.5 Å².